The highest BCUT2D eigenvalue weighted by Gasteiger charge is 2.24. The van der Waals surface area contributed by atoms with E-state index in [0.717, 1.165) is 0 Å². The minimum Gasteiger partial charge on any atom is -0.307 e. The van der Waals surface area contributed by atoms with Crippen molar-refractivity contribution < 1.29 is 14.5 Å². The smallest absolute Gasteiger partial charge is 0.235 e. The molecule has 4 N–H and O–H groups in total. The number of carbonyl (C=O) groups is 2. The third-order valence-electron chi connectivity index (χ3n) is 1.41. The molecule has 0 bridgehead atoms. The summed E-state index contributed by atoms with van der Waals surface area (Å²) in [4.78, 5) is 26.4. The Morgan fingerprint density at radius 1 is 1.00 bits per heavy atom. The van der Waals surface area contributed by atoms with Crippen LogP contribution in [0.25, 0.3) is 0 Å². The number of amides is 2. The highest BCUT2D eigenvalue weighted by atomic mass is 16.8. The summed E-state index contributed by atoms with van der Waals surface area (Å²) >= 11 is 0. The highest BCUT2D eigenvalue weighted by molar-refractivity contribution is 5.99. The molecule has 0 aromatic rings. The molecule has 2 rings (SSSR count). The molecule has 7 nitrogen and oxygen atoms in total. The van der Waals surface area contributed by atoms with Gasteiger partial charge in [0, 0.05) is 0 Å². The van der Waals surface area contributed by atoms with E-state index in [2.05, 4.69) is 26.5 Å². The summed E-state index contributed by atoms with van der Waals surface area (Å²) in [5.41, 5.74) is 4.74. The minimum atomic E-state index is -0.377. The van der Waals surface area contributed by atoms with Crippen LogP contribution in [0.3, 0.4) is 0 Å². The van der Waals surface area contributed by atoms with Crippen LogP contribution in [0, 0.1) is 0 Å². The summed E-state index contributed by atoms with van der Waals surface area (Å²) in [5.74, 6) is -0.105. The van der Waals surface area contributed by atoms with Crippen molar-refractivity contribution in [3.05, 3.63) is 11.6 Å². The second kappa shape index (κ2) is 2.38. The number of rotatable bonds is 0. The zero-order valence-corrected chi connectivity index (χ0v) is 5.93. The van der Waals surface area contributed by atoms with Gasteiger partial charge in [0.2, 0.25) is 11.8 Å². The van der Waals surface area contributed by atoms with E-state index in [1.807, 2.05) is 0 Å². The fourth-order valence-electron chi connectivity index (χ4n) is 0.919. The summed E-state index contributed by atoms with van der Waals surface area (Å²) in [6.45, 7) is 0. The summed E-state index contributed by atoms with van der Waals surface area (Å²) in [7, 11) is 0. The van der Waals surface area contributed by atoms with Crippen molar-refractivity contribution in [2.24, 2.45) is 0 Å². The van der Waals surface area contributed by atoms with Crippen molar-refractivity contribution in [1.29, 1.82) is 0 Å². The van der Waals surface area contributed by atoms with Gasteiger partial charge in [-0.2, -0.15) is 4.94 Å². The molecule has 0 radical (unpaired) electrons. The molecule has 0 aromatic heterocycles. The van der Waals surface area contributed by atoms with E-state index in [9.17, 15) is 9.59 Å². The normalized spacial score (nSPS) is 21.7. The molecule has 0 aliphatic carbocycles. The van der Waals surface area contributed by atoms with Crippen molar-refractivity contribution >= 4 is 11.8 Å². The minimum absolute atomic E-state index is 0.184. The number of hydrogen-bond acceptors (Lipinski definition) is 5. The number of hydroxylamine groups is 2. The van der Waals surface area contributed by atoms with Crippen LogP contribution in [0.4, 0.5) is 0 Å². The lowest BCUT2D eigenvalue weighted by Gasteiger charge is -2.00. The molecule has 0 fully saturated rings. The van der Waals surface area contributed by atoms with Crippen LogP contribution in [0.2, 0.25) is 0 Å². The Morgan fingerprint density at radius 3 is 2.00 bits per heavy atom. The van der Waals surface area contributed by atoms with Gasteiger partial charge in [0.05, 0.1) is 0 Å². The van der Waals surface area contributed by atoms with Crippen LogP contribution in [-0.2, 0) is 14.5 Å². The van der Waals surface area contributed by atoms with Gasteiger partial charge in [0.1, 0.15) is 6.42 Å². The molecular formula is C5H6N4O3. The predicted molar refractivity (Wildman–Crippen MR) is 35.3 cm³/mol. The molecule has 2 aliphatic rings. The fourth-order valence-corrected chi connectivity index (χ4v) is 0.919. The lowest BCUT2D eigenvalue weighted by atomic mass is 10.4. The maximum Gasteiger partial charge on any atom is 0.235 e. The molecule has 2 amide bonds. The van der Waals surface area contributed by atoms with E-state index >= 15 is 0 Å². The molecule has 12 heavy (non-hydrogen) atoms. The van der Waals surface area contributed by atoms with Gasteiger partial charge in [-0.3, -0.25) is 9.59 Å². The Labute approximate surface area is 67.0 Å². The maximum absolute atomic E-state index is 10.9. The van der Waals surface area contributed by atoms with Gasteiger partial charge >= 0.3 is 0 Å². The van der Waals surface area contributed by atoms with Gasteiger partial charge in [-0.15, -0.1) is 0 Å². The van der Waals surface area contributed by atoms with E-state index in [1.54, 1.807) is 0 Å². The van der Waals surface area contributed by atoms with Gasteiger partial charge in [-0.05, 0) is 0 Å². The molecule has 0 spiro atoms. The summed E-state index contributed by atoms with van der Waals surface area (Å²) in [5, 5.41) is 4.86. The fraction of sp³-hybridized carbons (Fsp3) is 0.200. The monoisotopic (exact) mass is 170 g/mol. The predicted octanol–water partition coefficient (Wildman–Crippen LogP) is -2.21. The van der Waals surface area contributed by atoms with E-state index in [0.29, 0.717) is 11.6 Å². The zero-order chi connectivity index (χ0) is 8.55. The van der Waals surface area contributed by atoms with E-state index in [1.165, 1.54) is 0 Å². The first-order chi connectivity index (χ1) is 5.75. The Morgan fingerprint density at radius 2 is 1.50 bits per heavy atom. The summed E-state index contributed by atoms with van der Waals surface area (Å²) < 4.78 is 0. The van der Waals surface area contributed by atoms with Crippen molar-refractivity contribution in [2.75, 3.05) is 0 Å². The number of nitrogens with one attached hydrogen (secondary N) is 4. The molecule has 0 atom stereocenters. The van der Waals surface area contributed by atoms with Crippen LogP contribution >= 0.6 is 0 Å². The largest absolute Gasteiger partial charge is 0.307 e. The van der Waals surface area contributed by atoms with Crippen LogP contribution < -0.4 is 21.6 Å². The SMILES string of the molecule is O=C1CC(=O)NC2=C(NON2)N1. The van der Waals surface area contributed by atoms with Crippen molar-refractivity contribution in [3.8, 4) is 0 Å². The lowest BCUT2D eigenvalue weighted by molar-refractivity contribution is -0.128. The average molecular weight is 170 g/mol. The first kappa shape index (κ1) is 6.92. The quantitative estimate of drug-likeness (QED) is 0.309. The highest BCUT2D eigenvalue weighted by Crippen LogP contribution is 2.02. The molecule has 2 heterocycles. The molecular weight excluding hydrogens is 164 g/mol. The molecule has 0 saturated heterocycles. The molecule has 0 aromatic carbocycles. The zero-order valence-electron chi connectivity index (χ0n) is 5.93. The standard InChI is InChI=1S/C5H6N4O3/c10-2-1-3(11)7-5-4(6-2)8-12-9-5/h8-9H,1H2,(H,6,10)(H,7,11). The second-order valence-electron chi connectivity index (χ2n) is 2.33. The molecule has 2 aliphatic heterocycles. The Bertz CT molecular complexity index is 258. The molecule has 7 heteroatoms. The van der Waals surface area contributed by atoms with Crippen molar-refractivity contribution in [1.82, 2.24) is 21.6 Å². The van der Waals surface area contributed by atoms with Gasteiger partial charge in [-0.25, -0.2) is 11.0 Å². The van der Waals surface area contributed by atoms with Crippen LogP contribution in [0.5, 0.6) is 0 Å². The molecule has 0 saturated carbocycles. The Kier molecular flexibility index (Phi) is 1.37. The first-order valence-corrected chi connectivity index (χ1v) is 3.27. The van der Waals surface area contributed by atoms with Crippen LogP contribution in [-0.4, -0.2) is 11.8 Å². The van der Waals surface area contributed by atoms with Gasteiger partial charge in [0.25, 0.3) is 0 Å². The van der Waals surface area contributed by atoms with Crippen molar-refractivity contribution in [3.63, 3.8) is 0 Å². The van der Waals surface area contributed by atoms with Crippen LogP contribution in [0.15, 0.2) is 11.6 Å². The maximum atomic E-state index is 10.9. The van der Waals surface area contributed by atoms with Crippen LogP contribution in [0.1, 0.15) is 6.42 Å². The van der Waals surface area contributed by atoms with Gasteiger partial charge in [-0.1, -0.05) is 0 Å². The summed E-state index contributed by atoms with van der Waals surface area (Å²) in [6, 6.07) is 0. The lowest BCUT2D eigenvalue weighted by Crippen LogP contribution is -2.30. The Balaban J connectivity index is 2.25. The average Bonchev–Trinajstić information content (AvgIpc) is 2.31. The Hall–Kier alpha value is -1.76. The molecule has 0 unspecified atom stereocenters. The van der Waals surface area contributed by atoms with Crippen molar-refractivity contribution in [2.45, 2.75) is 6.42 Å². The number of hydrogen-bond donors (Lipinski definition) is 4. The first-order valence-electron chi connectivity index (χ1n) is 3.27. The van der Waals surface area contributed by atoms with Gasteiger partial charge < -0.3 is 10.6 Å². The summed E-state index contributed by atoms with van der Waals surface area (Å²) in [6.07, 6.45) is -0.184. The third kappa shape index (κ3) is 1.05. The van der Waals surface area contributed by atoms with E-state index in [-0.39, 0.29) is 18.2 Å². The topological polar surface area (TPSA) is 91.5 Å². The second-order valence-corrected chi connectivity index (χ2v) is 2.33. The number of carbonyl (C=O) groups excluding carboxylic acids is 2. The molecule has 64 valence electrons. The third-order valence-corrected chi connectivity index (χ3v) is 1.41. The van der Waals surface area contributed by atoms with Gasteiger partial charge in [0.15, 0.2) is 11.6 Å². The van der Waals surface area contributed by atoms with E-state index in [4.69, 9.17) is 0 Å². The van der Waals surface area contributed by atoms with E-state index < -0.39 is 0 Å².